The molecule has 8 heteroatoms. The molecule has 32 heavy (non-hydrogen) atoms. The Bertz CT molecular complexity index is 968. The lowest BCUT2D eigenvalue weighted by molar-refractivity contribution is -0.137. The first-order valence-corrected chi connectivity index (χ1v) is 12.4. The Hall–Kier alpha value is -2.60. The van der Waals surface area contributed by atoms with Gasteiger partial charge >= 0.3 is 0 Å². The van der Waals surface area contributed by atoms with Crippen molar-refractivity contribution in [1.29, 1.82) is 5.26 Å². The Morgan fingerprint density at radius 1 is 1.03 bits per heavy atom. The Labute approximate surface area is 191 Å². The molecule has 2 aromatic rings. The molecule has 0 atom stereocenters. The third-order valence-corrected chi connectivity index (χ3v) is 6.56. The summed E-state index contributed by atoms with van der Waals surface area (Å²) in [4.78, 5) is 0.144. The minimum atomic E-state index is -3.94. The van der Waals surface area contributed by atoms with Crippen molar-refractivity contribution in [1.82, 2.24) is 0 Å². The van der Waals surface area contributed by atoms with E-state index in [9.17, 15) is 13.7 Å². The molecule has 0 radical (unpaired) electrons. The summed E-state index contributed by atoms with van der Waals surface area (Å²) in [6.45, 7) is 7.26. The van der Waals surface area contributed by atoms with Crippen molar-refractivity contribution in [2.24, 2.45) is 0 Å². The Morgan fingerprint density at radius 2 is 1.72 bits per heavy atom. The molecule has 174 valence electrons. The smallest absolute Gasteiger partial charge is 0.264 e. The standard InChI is InChI=1S/C24H32N2O5S/c1-4-7-17-31-21-14-13-20(19-25)23(18-21)26(16-15-24(29-5-2)30-6-3)32(27,28)22-11-9-8-10-12-22/h8-14,18,24H,4-7,15-17H2,1-3H3. The molecule has 2 aromatic carbocycles. The van der Waals surface area contributed by atoms with E-state index >= 15 is 0 Å². The Kier molecular flexibility index (Phi) is 10.5. The first-order chi connectivity index (χ1) is 15.5. The van der Waals surface area contributed by atoms with Gasteiger partial charge in [-0.1, -0.05) is 31.5 Å². The fourth-order valence-corrected chi connectivity index (χ4v) is 4.65. The van der Waals surface area contributed by atoms with Crippen molar-refractivity contribution in [3.05, 3.63) is 54.1 Å². The highest BCUT2D eigenvalue weighted by Gasteiger charge is 2.28. The van der Waals surface area contributed by atoms with E-state index in [2.05, 4.69) is 13.0 Å². The second-order valence-electron chi connectivity index (χ2n) is 7.01. The van der Waals surface area contributed by atoms with Crippen molar-refractivity contribution in [3.8, 4) is 11.8 Å². The number of nitriles is 1. The van der Waals surface area contributed by atoms with Gasteiger partial charge in [0, 0.05) is 32.2 Å². The maximum absolute atomic E-state index is 13.6. The molecule has 0 aliphatic heterocycles. The highest BCUT2D eigenvalue weighted by Crippen LogP contribution is 2.31. The second kappa shape index (κ2) is 13.1. The highest BCUT2D eigenvalue weighted by atomic mass is 32.2. The van der Waals surface area contributed by atoms with Crippen LogP contribution in [0.2, 0.25) is 0 Å². The fraction of sp³-hybridized carbons (Fsp3) is 0.458. The third kappa shape index (κ3) is 6.95. The number of ether oxygens (including phenoxy) is 3. The number of hydrogen-bond donors (Lipinski definition) is 0. The largest absolute Gasteiger partial charge is 0.494 e. The summed E-state index contributed by atoms with van der Waals surface area (Å²) >= 11 is 0. The zero-order valence-electron chi connectivity index (χ0n) is 19.0. The first kappa shape index (κ1) is 25.7. The van der Waals surface area contributed by atoms with Crippen molar-refractivity contribution < 1.29 is 22.6 Å². The average Bonchev–Trinajstić information content (AvgIpc) is 2.80. The number of sulfonamides is 1. The SMILES string of the molecule is CCCCOc1ccc(C#N)c(N(CCC(OCC)OCC)S(=O)(=O)c2ccccc2)c1. The predicted octanol–water partition coefficient (Wildman–Crippen LogP) is 4.72. The van der Waals surface area contributed by atoms with Gasteiger partial charge < -0.3 is 14.2 Å². The minimum absolute atomic E-state index is 0.0784. The average molecular weight is 461 g/mol. The van der Waals surface area contributed by atoms with Gasteiger partial charge in [-0.2, -0.15) is 5.26 Å². The number of benzene rings is 2. The van der Waals surface area contributed by atoms with Gasteiger partial charge in [0.2, 0.25) is 0 Å². The van der Waals surface area contributed by atoms with Gasteiger partial charge in [0.25, 0.3) is 10.0 Å². The quantitative estimate of drug-likeness (QED) is 0.299. The van der Waals surface area contributed by atoms with E-state index < -0.39 is 16.3 Å². The predicted molar refractivity (Wildman–Crippen MR) is 124 cm³/mol. The van der Waals surface area contributed by atoms with Crippen LogP contribution in [0.25, 0.3) is 0 Å². The van der Waals surface area contributed by atoms with Crippen LogP contribution < -0.4 is 9.04 Å². The third-order valence-electron chi connectivity index (χ3n) is 4.73. The van der Waals surface area contributed by atoms with E-state index in [0.717, 1.165) is 12.8 Å². The molecule has 0 fully saturated rings. The normalized spacial score (nSPS) is 11.3. The first-order valence-electron chi connectivity index (χ1n) is 11.0. The molecule has 7 nitrogen and oxygen atoms in total. The highest BCUT2D eigenvalue weighted by molar-refractivity contribution is 7.92. The lowest BCUT2D eigenvalue weighted by atomic mass is 10.2. The summed E-state index contributed by atoms with van der Waals surface area (Å²) < 4.78 is 45.4. The van der Waals surface area contributed by atoms with Crippen LogP contribution in [-0.2, 0) is 19.5 Å². The van der Waals surface area contributed by atoms with Gasteiger partial charge in [-0.25, -0.2) is 8.42 Å². The molecule has 2 rings (SSSR count). The molecule has 0 spiro atoms. The van der Waals surface area contributed by atoms with Crippen LogP contribution in [-0.4, -0.2) is 41.1 Å². The van der Waals surface area contributed by atoms with Gasteiger partial charge in [0.05, 0.1) is 22.8 Å². The zero-order chi connectivity index (χ0) is 23.4. The van der Waals surface area contributed by atoms with Gasteiger partial charge in [-0.3, -0.25) is 4.31 Å². The minimum Gasteiger partial charge on any atom is -0.494 e. The number of rotatable bonds is 14. The lowest BCUT2D eigenvalue weighted by Gasteiger charge is -2.27. The summed E-state index contributed by atoms with van der Waals surface area (Å²) in [7, 11) is -3.94. The van der Waals surface area contributed by atoms with Crippen LogP contribution in [0.4, 0.5) is 5.69 Å². The summed E-state index contributed by atoms with van der Waals surface area (Å²) in [5, 5.41) is 9.69. The number of unbranched alkanes of at least 4 members (excludes halogenated alkanes) is 1. The molecule has 0 aliphatic carbocycles. The molecule has 0 unspecified atom stereocenters. The summed E-state index contributed by atoms with van der Waals surface area (Å²) in [5.41, 5.74) is 0.522. The molecule has 0 saturated heterocycles. The molecule has 0 N–H and O–H groups in total. The summed E-state index contributed by atoms with van der Waals surface area (Å²) in [5.74, 6) is 0.520. The van der Waals surface area contributed by atoms with Crippen molar-refractivity contribution in [2.75, 3.05) is 30.7 Å². The molecule has 0 aromatic heterocycles. The molecule has 0 saturated carbocycles. The van der Waals surface area contributed by atoms with Crippen LogP contribution in [0.3, 0.4) is 0 Å². The van der Waals surface area contributed by atoms with Crippen molar-refractivity contribution in [3.63, 3.8) is 0 Å². The van der Waals surface area contributed by atoms with Crippen LogP contribution in [0.15, 0.2) is 53.4 Å². The van der Waals surface area contributed by atoms with E-state index in [-0.39, 0.29) is 22.7 Å². The lowest BCUT2D eigenvalue weighted by Crippen LogP contribution is -2.35. The van der Waals surface area contributed by atoms with E-state index in [0.29, 0.717) is 32.0 Å². The molecular weight excluding hydrogens is 428 g/mol. The molecule has 0 bridgehead atoms. The number of hydrogen-bond acceptors (Lipinski definition) is 6. The Morgan fingerprint density at radius 3 is 2.31 bits per heavy atom. The fourth-order valence-electron chi connectivity index (χ4n) is 3.14. The topological polar surface area (TPSA) is 88.9 Å². The van der Waals surface area contributed by atoms with Crippen molar-refractivity contribution in [2.45, 2.75) is 51.2 Å². The Balaban J connectivity index is 2.48. The molecule has 0 amide bonds. The van der Waals surface area contributed by atoms with Gasteiger partial charge in [-0.15, -0.1) is 0 Å². The maximum Gasteiger partial charge on any atom is 0.264 e. The van der Waals surface area contributed by atoms with E-state index in [1.54, 1.807) is 48.5 Å². The molecule has 0 heterocycles. The summed E-state index contributed by atoms with van der Waals surface area (Å²) in [6.07, 6.45) is 1.62. The van der Waals surface area contributed by atoms with E-state index in [4.69, 9.17) is 14.2 Å². The van der Waals surface area contributed by atoms with Crippen LogP contribution in [0.5, 0.6) is 5.75 Å². The maximum atomic E-state index is 13.6. The van der Waals surface area contributed by atoms with Crippen LogP contribution in [0, 0.1) is 11.3 Å². The van der Waals surface area contributed by atoms with Crippen LogP contribution >= 0.6 is 0 Å². The summed E-state index contributed by atoms with van der Waals surface area (Å²) in [6, 6.07) is 15.2. The van der Waals surface area contributed by atoms with Gasteiger partial charge in [0.1, 0.15) is 11.8 Å². The second-order valence-corrected chi connectivity index (χ2v) is 8.87. The molecule has 0 aliphatic rings. The zero-order valence-corrected chi connectivity index (χ0v) is 19.8. The van der Waals surface area contributed by atoms with Crippen LogP contribution in [0.1, 0.15) is 45.6 Å². The van der Waals surface area contributed by atoms with E-state index in [1.807, 2.05) is 13.8 Å². The van der Waals surface area contributed by atoms with E-state index in [1.165, 1.54) is 4.31 Å². The molecular formula is C24H32N2O5S. The monoisotopic (exact) mass is 460 g/mol. The number of nitrogens with zero attached hydrogens (tertiary/aromatic N) is 2. The van der Waals surface area contributed by atoms with Gasteiger partial charge in [-0.05, 0) is 44.5 Å². The number of anilines is 1. The van der Waals surface area contributed by atoms with Gasteiger partial charge in [0.15, 0.2) is 6.29 Å². The van der Waals surface area contributed by atoms with Crippen molar-refractivity contribution >= 4 is 15.7 Å².